The Morgan fingerprint density at radius 3 is 2.49 bits per heavy atom. The highest BCUT2D eigenvalue weighted by atomic mass is 16.5. The van der Waals surface area contributed by atoms with E-state index in [2.05, 4.69) is 20.6 Å². The third-order valence-electron chi connectivity index (χ3n) is 6.11. The Morgan fingerprint density at radius 2 is 1.67 bits per heavy atom. The highest BCUT2D eigenvalue weighted by molar-refractivity contribution is 6.08. The van der Waals surface area contributed by atoms with Gasteiger partial charge in [-0.2, -0.15) is 9.98 Å². The number of benzene rings is 4. The van der Waals surface area contributed by atoms with Gasteiger partial charge in [-0.05, 0) is 67.4 Å². The van der Waals surface area contributed by atoms with Gasteiger partial charge in [0.1, 0.15) is 0 Å². The number of carbonyl (C=O) groups excluding carboxylic acids is 2. The number of anilines is 3. The summed E-state index contributed by atoms with van der Waals surface area (Å²) in [5.41, 5.74) is 4.83. The van der Waals surface area contributed by atoms with Crippen LogP contribution in [0.2, 0.25) is 0 Å². The van der Waals surface area contributed by atoms with Crippen molar-refractivity contribution in [3.8, 4) is 0 Å². The predicted octanol–water partition coefficient (Wildman–Crippen LogP) is 6.46. The number of ether oxygens (including phenoxy) is 1. The molecule has 0 fully saturated rings. The lowest BCUT2D eigenvalue weighted by atomic mass is 10.1. The highest BCUT2D eigenvalue weighted by Crippen LogP contribution is 2.28. The Kier molecular flexibility index (Phi) is 7.18. The van der Waals surface area contributed by atoms with Crippen molar-refractivity contribution >= 4 is 45.7 Å². The molecule has 2 N–H and O–H groups in total. The average molecular weight is 519 g/mol. The van der Waals surface area contributed by atoms with E-state index < -0.39 is 5.97 Å². The minimum atomic E-state index is -0.481. The largest absolute Gasteiger partial charge is 0.465 e. The van der Waals surface area contributed by atoms with Crippen LogP contribution in [0.4, 0.5) is 22.9 Å². The van der Waals surface area contributed by atoms with Crippen molar-refractivity contribution in [3.63, 3.8) is 0 Å². The molecule has 194 valence electrons. The number of aromatic nitrogens is 1. The summed E-state index contributed by atoms with van der Waals surface area (Å²) in [5, 5.41) is 6.85. The minimum absolute atomic E-state index is 0.0435. The van der Waals surface area contributed by atoms with E-state index in [4.69, 9.17) is 9.15 Å². The topological polar surface area (TPSA) is 106 Å². The van der Waals surface area contributed by atoms with Gasteiger partial charge in [0.05, 0.1) is 40.5 Å². The van der Waals surface area contributed by atoms with Gasteiger partial charge in [-0.25, -0.2) is 4.79 Å². The lowest BCUT2D eigenvalue weighted by Gasteiger charge is -2.12. The standard InChI is InChI=1S/C31H26N4O4/c1-19-10-8-12-21(18-19)32-28(36)27-20(2)11-9-17-26(27)35-31-34-24-15-6-4-13-22(24)29(39-31)33-25-16-7-5-14-23(25)30(37)38-3/h4-18,33H,1-3H3,(H,32,36). The Balaban J connectivity index is 1.60. The molecule has 0 aliphatic heterocycles. The number of amides is 1. The zero-order valence-corrected chi connectivity index (χ0v) is 21.7. The summed E-state index contributed by atoms with van der Waals surface area (Å²) in [6, 6.07) is 27.4. The van der Waals surface area contributed by atoms with E-state index >= 15 is 0 Å². The highest BCUT2D eigenvalue weighted by Gasteiger charge is 2.17. The summed E-state index contributed by atoms with van der Waals surface area (Å²) >= 11 is 0. The molecule has 0 aliphatic carbocycles. The van der Waals surface area contributed by atoms with Crippen molar-refractivity contribution in [2.75, 3.05) is 17.7 Å². The fourth-order valence-corrected chi connectivity index (χ4v) is 4.24. The molecule has 0 spiro atoms. The molecular formula is C31H26N4O4. The van der Waals surface area contributed by atoms with Gasteiger partial charge in [0.25, 0.3) is 5.91 Å². The van der Waals surface area contributed by atoms with Gasteiger partial charge in [-0.1, -0.05) is 48.5 Å². The molecule has 0 aliphatic rings. The van der Waals surface area contributed by atoms with Gasteiger partial charge < -0.3 is 19.8 Å². The first-order chi connectivity index (χ1) is 18.9. The maximum atomic E-state index is 13.3. The van der Waals surface area contributed by atoms with Gasteiger partial charge in [-0.15, -0.1) is 0 Å². The number of fused-ring (bicyclic) bond motifs is 1. The summed E-state index contributed by atoms with van der Waals surface area (Å²) in [6.07, 6.45) is 0. The van der Waals surface area contributed by atoms with Crippen LogP contribution in [0.3, 0.4) is 0 Å². The lowest BCUT2D eigenvalue weighted by Crippen LogP contribution is -2.15. The fraction of sp³-hybridized carbons (Fsp3) is 0.0968. The molecule has 1 amide bonds. The van der Waals surface area contributed by atoms with Crippen LogP contribution in [-0.4, -0.2) is 24.0 Å². The minimum Gasteiger partial charge on any atom is -0.465 e. The summed E-state index contributed by atoms with van der Waals surface area (Å²) in [6.45, 7) is 3.82. The molecule has 0 bridgehead atoms. The molecule has 0 radical (unpaired) electrons. The SMILES string of the molecule is COC(=O)c1ccccc1Nc1oc(=Nc2cccc(C)c2C(=O)Nc2cccc(C)c2)nc2ccccc12. The zero-order chi connectivity index (χ0) is 27.4. The van der Waals surface area contributed by atoms with E-state index in [1.54, 1.807) is 30.3 Å². The maximum absolute atomic E-state index is 13.3. The predicted molar refractivity (Wildman–Crippen MR) is 151 cm³/mol. The molecule has 0 saturated heterocycles. The van der Waals surface area contributed by atoms with Gasteiger partial charge in [-0.3, -0.25) is 4.79 Å². The van der Waals surface area contributed by atoms with E-state index in [9.17, 15) is 9.59 Å². The van der Waals surface area contributed by atoms with Crippen LogP contribution < -0.4 is 16.3 Å². The summed E-state index contributed by atoms with van der Waals surface area (Å²) in [4.78, 5) is 34.9. The van der Waals surface area contributed by atoms with E-state index in [0.717, 1.165) is 11.1 Å². The van der Waals surface area contributed by atoms with Crippen LogP contribution in [0.1, 0.15) is 31.8 Å². The molecule has 0 unspecified atom stereocenters. The molecular weight excluding hydrogens is 492 g/mol. The van der Waals surface area contributed by atoms with Crippen molar-refractivity contribution < 1.29 is 18.7 Å². The third-order valence-corrected chi connectivity index (χ3v) is 6.11. The fourth-order valence-electron chi connectivity index (χ4n) is 4.24. The Bertz CT molecular complexity index is 1770. The molecule has 1 aromatic heterocycles. The number of nitrogens with one attached hydrogen (secondary N) is 2. The van der Waals surface area contributed by atoms with Crippen molar-refractivity contribution in [2.24, 2.45) is 4.99 Å². The Labute approximate surface area is 225 Å². The molecule has 1 heterocycles. The van der Waals surface area contributed by atoms with Crippen molar-refractivity contribution in [2.45, 2.75) is 13.8 Å². The van der Waals surface area contributed by atoms with Crippen LogP contribution in [0, 0.1) is 13.8 Å². The number of aryl methyl sites for hydroxylation is 2. The van der Waals surface area contributed by atoms with Gasteiger partial charge in [0.2, 0.25) is 5.88 Å². The van der Waals surface area contributed by atoms with Crippen molar-refractivity contribution in [1.29, 1.82) is 0 Å². The summed E-state index contributed by atoms with van der Waals surface area (Å²) in [7, 11) is 1.33. The monoisotopic (exact) mass is 518 g/mol. The van der Waals surface area contributed by atoms with E-state index in [1.165, 1.54) is 7.11 Å². The second-order valence-corrected chi connectivity index (χ2v) is 8.91. The number of para-hydroxylation sites is 2. The number of nitrogens with zero attached hydrogens (tertiary/aromatic N) is 2. The van der Waals surface area contributed by atoms with Crippen LogP contribution in [-0.2, 0) is 4.74 Å². The van der Waals surface area contributed by atoms with Crippen molar-refractivity contribution in [3.05, 3.63) is 119 Å². The number of rotatable bonds is 6. The van der Waals surface area contributed by atoms with E-state index in [1.807, 2.05) is 74.5 Å². The lowest BCUT2D eigenvalue weighted by molar-refractivity contribution is 0.0601. The number of carbonyl (C=O) groups is 2. The molecule has 39 heavy (non-hydrogen) atoms. The van der Waals surface area contributed by atoms with Crippen LogP contribution in [0.5, 0.6) is 0 Å². The van der Waals surface area contributed by atoms with E-state index in [0.29, 0.717) is 45.0 Å². The number of methoxy groups -OCH3 is 1. The number of hydrogen-bond acceptors (Lipinski definition) is 7. The number of esters is 1. The summed E-state index contributed by atoms with van der Waals surface area (Å²) in [5.74, 6) is -0.428. The van der Waals surface area contributed by atoms with E-state index in [-0.39, 0.29) is 11.6 Å². The zero-order valence-electron chi connectivity index (χ0n) is 21.7. The summed E-state index contributed by atoms with van der Waals surface area (Å²) < 4.78 is 11.0. The first-order valence-corrected chi connectivity index (χ1v) is 12.3. The number of hydrogen-bond donors (Lipinski definition) is 2. The first-order valence-electron chi connectivity index (χ1n) is 12.3. The second-order valence-electron chi connectivity index (χ2n) is 8.91. The third kappa shape index (κ3) is 5.55. The van der Waals surface area contributed by atoms with Crippen LogP contribution in [0.15, 0.2) is 100 Å². The molecule has 8 heteroatoms. The van der Waals surface area contributed by atoms with Gasteiger partial charge in [0.15, 0.2) is 0 Å². The molecule has 0 saturated carbocycles. The molecule has 5 rings (SSSR count). The van der Waals surface area contributed by atoms with Gasteiger partial charge >= 0.3 is 11.7 Å². The normalized spacial score (nSPS) is 11.3. The Hall–Kier alpha value is -5.24. The smallest absolute Gasteiger partial charge is 0.339 e. The Morgan fingerprint density at radius 1 is 0.897 bits per heavy atom. The molecule has 8 nitrogen and oxygen atoms in total. The quantitative estimate of drug-likeness (QED) is 0.250. The van der Waals surface area contributed by atoms with Crippen LogP contribution in [0.25, 0.3) is 10.9 Å². The molecule has 4 aromatic carbocycles. The van der Waals surface area contributed by atoms with Crippen molar-refractivity contribution in [1.82, 2.24) is 4.98 Å². The average Bonchev–Trinajstić information content (AvgIpc) is 2.93. The molecule has 5 aromatic rings. The van der Waals surface area contributed by atoms with Gasteiger partial charge in [0, 0.05) is 5.69 Å². The second kappa shape index (κ2) is 11.0. The maximum Gasteiger partial charge on any atom is 0.339 e. The van der Waals surface area contributed by atoms with Crippen LogP contribution >= 0.6 is 0 Å². The molecule has 0 atom stereocenters. The first kappa shape index (κ1) is 25.4.